The molecule has 0 fully saturated rings. The molecule has 1 heterocycles. The van der Waals surface area contributed by atoms with Crippen LogP contribution in [-0.2, 0) is 43.5 Å². The number of hydrogen-bond acceptors (Lipinski definition) is 1. The quantitative estimate of drug-likeness (QED) is 0.282. The zero-order chi connectivity index (χ0) is 22.2. The summed E-state index contributed by atoms with van der Waals surface area (Å²) in [4.78, 5) is 0. The molecule has 0 radical (unpaired) electrons. The van der Waals surface area contributed by atoms with E-state index < -0.39 is 0 Å². The van der Waals surface area contributed by atoms with Gasteiger partial charge in [-0.15, -0.1) is 17.7 Å². The van der Waals surface area contributed by atoms with Gasteiger partial charge in [0, 0.05) is 12.5 Å². The Balaban J connectivity index is 0.000000379. The monoisotopic (exact) mass is 568 g/mol. The molecule has 1 aromatic heterocycles. The van der Waals surface area contributed by atoms with Crippen LogP contribution in [0.25, 0.3) is 22.3 Å². The number of rotatable bonds is 1. The Hall–Kier alpha value is -1.47. The molecule has 0 atom stereocenters. The van der Waals surface area contributed by atoms with Crippen molar-refractivity contribution in [2.75, 3.05) is 0 Å². The molecule has 4 aromatic rings. The largest absolute Gasteiger partial charge is 4.00 e. The van der Waals surface area contributed by atoms with Crippen molar-refractivity contribution in [2.24, 2.45) is 0 Å². The number of fused-ring (bicyclic) bond motifs is 3. The van der Waals surface area contributed by atoms with E-state index in [0.717, 1.165) is 12.0 Å². The Morgan fingerprint density at radius 1 is 0.824 bits per heavy atom. The molecular formula is C30H32Cl2OZr. The van der Waals surface area contributed by atoms with Gasteiger partial charge in [-0.25, -0.2) is 0 Å². The van der Waals surface area contributed by atoms with Crippen molar-refractivity contribution in [3.63, 3.8) is 0 Å². The number of hydrogen-bond donors (Lipinski definition) is 0. The fraction of sp³-hybridized carbons (Fsp3) is 0.300. The summed E-state index contributed by atoms with van der Waals surface area (Å²) < 4.78 is 4.94. The second kappa shape index (κ2) is 12.0. The second-order valence-electron chi connectivity index (χ2n) is 10.5. The van der Waals surface area contributed by atoms with Crippen molar-refractivity contribution in [1.82, 2.24) is 0 Å². The summed E-state index contributed by atoms with van der Waals surface area (Å²) in [5, 5.41) is 0. The molecule has 5 rings (SSSR count). The summed E-state index contributed by atoms with van der Waals surface area (Å²) in [6, 6.07) is 25.2. The van der Waals surface area contributed by atoms with Crippen LogP contribution in [0.1, 0.15) is 63.8 Å². The molecule has 3 aromatic carbocycles. The zero-order valence-corrected chi connectivity index (χ0v) is 24.8. The standard InChI is InChI=1S/C21H25.C9H7O.2ClH.Zr/c1-20(2,3)16-9-7-14-11-15-8-10-17(21(4,5)6)13-19(15)18(14)12-16;1-2-4-8(3-1)9-5-6-10-7-9;;;/h7,9-10,12-13H,11H2,1-6H3;1-7H;2*1H;/q2*-1;;;+4/p-2. The molecule has 0 spiro atoms. The van der Waals surface area contributed by atoms with Gasteiger partial charge >= 0.3 is 26.2 Å². The van der Waals surface area contributed by atoms with Crippen LogP contribution in [0, 0.1) is 6.07 Å². The summed E-state index contributed by atoms with van der Waals surface area (Å²) >= 11 is 0. The Kier molecular flexibility index (Phi) is 10.8. The fourth-order valence-electron chi connectivity index (χ4n) is 3.98. The van der Waals surface area contributed by atoms with Gasteiger partial charge in [-0.3, -0.25) is 0 Å². The van der Waals surface area contributed by atoms with Gasteiger partial charge in [-0.05, 0) is 17.4 Å². The minimum absolute atomic E-state index is 0. The maximum Gasteiger partial charge on any atom is 4.00 e. The molecule has 0 unspecified atom stereocenters. The average Bonchev–Trinajstić information content (AvgIpc) is 3.45. The van der Waals surface area contributed by atoms with Crippen LogP contribution >= 0.6 is 0 Å². The summed E-state index contributed by atoms with van der Waals surface area (Å²) in [5.74, 6) is 0. The molecule has 0 amide bonds. The van der Waals surface area contributed by atoms with E-state index >= 15 is 0 Å². The van der Waals surface area contributed by atoms with E-state index in [1.807, 2.05) is 18.2 Å². The first-order valence-corrected chi connectivity index (χ1v) is 11.1. The van der Waals surface area contributed by atoms with E-state index in [1.165, 1.54) is 38.9 Å². The van der Waals surface area contributed by atoms with Crippen molar-refractivity contribution in [1.29, 1.82) is 0 Å². The van der Waals surface area contributed by atoms with Crippen LogP contribution in [0.15, 0.2) is 77.6 Å². The Morgan fingerprint density at radius 3 is 2.00 bits per heavy atom. The maximum atomic E-state index is 4.94. The Labute approximate surface area is 236 Å². The van der Waals surface area contributed by atoms with Gasteiger partial charge in [0.2, 0.25) is 0 Å². The predicted octanol–water partition coefficient (Wildman–Crippen LogP) is 2.32. The van der Waals surface area contributed by atoms with E-state index in [9.17, 15) is 0 Å². The van der Waals surface area contributed by atoms with Crippen LogP contribution in [0.2, 0.25) is 0 Å². The van der Waals surface area contributed by atoms with Crippen LogP contribution < -0.4 is 24.8 Å². The van der Waals surface area contributed by atoms with Crippen LogP contribution in [0.5, 0.6) is 0 Å². The van der Waals surface area contributed by atoms with Crippen molar-refractivity contribution in [3.05, 3.63) is 102 Å². The van der Waals surface area contributed by atoms with Gasteiger partial charge in [0.25, 0.3) is 0 Å². The predicted molar refractivity (Wildman–Crippen MR) is 131 cm³/mol. The topological polar surface area (TPSA) is 13.1 Å². The number of furan rings is 1. The van der Waals surface area contributed by atoms with E-state index in [0.29, 0.717) is 0 Å². The van der Waals surface area contributed by atoms with Crippen LogP contribution in [0.4, 0.5) is 0 Å². The smallest absolute Gasteiger partial charge is 1.00 e. The Bertz CT molecular complexity index is 1070. The molecule has 0 bridgehead atoms. The molecule has 1 aliphatic carbocycles. The summed E-state index contributed by atoms with van der Waals surface area (Å²) in [5.41, 5.74) is 11.1. The third-order valence-electron chi connectivity index (χ3n) is 6.04. The first-order chi connectivity index (χ1) is 14.6. The van der Waals surface area contributed by atoms with Crippen LogP contribution in [-0.4, -0.2) is 0 Å². The molecule has 176 valence electrons. The van der Waals surface area contributed by atoms with E-state index in [-0.39, 0.29) is 61.8 Å². The molecule has 1 aliphatic rings. The third-order valence-corrected chi connectivity index (χ3v) is 6.04. The molecule has 4 heteroatoms. The Morgan fingerprint density at radius 2 is 1.44 bits per heavy atom. The van der Waals surface area contributed by atoms with Gasteiger partial charge in [0.1, 0.15) is 0 Å². The van der Waals surface area contributed by atoms with E-state index in [4.69, 9.17) is 4.42 Å². The third kappa shape index (κ3) is 6.81. The normalized spacial score (nSPS) is 11.6. The van der Waals surface area contributed by atoms with E-state index in [1.54, 1.807) is 12.5 Å². The summed E-state index contributed by atoms with van der Waals surface area (Å²) in [6.45, 7) is 13.6. The molecule has 1 nitrogen and oxygen atoms in total. The minimum atomic E-state index is 0. The fourth-order valence-corrected chi connectivity index (χ4v) is 3.98. The van der Waals surface area contributed by atoms with Gasteiger partial charge in [0.15, 0.2) is 0 Å². The van der Waals surface area contributed by atoms with Crippen LogP contribution in [0.3, 0.4) is 0 Å². The molecule has 0 saturated carbocycles. The zero-order valence-electron chi connectivity index (χ0n) is 20.8. The number of halogens is 2. The molecule has 34 heavy (non-hydrogen) atoms. The first-order valence-electron chi connectivity index (χ1n) is 11.1. The summed E-state index contributed by atoms with van der Waals surface area (Å²) in [7, 11) is 0. The van der Waals surface area contributed by atoms with Gasteiger partial charge in [0.05, 0.1) is 0 Å². The van der Waals surface area contributed by atoms with Crippen molar-refractivity contribution < 1.29 is 55.4 Å². The van der Waals surface area contributed by atoms with Gasteiger partial charge < -0.3 is 29.2 Å². The second-order valence-corrected chi connectivity index (χ2v) is 10.5. The first kappa shape index (κ1) is 30.6. The summed E-state index contributed by atoms with van der Waals surface area (Å²) in [6.07, 6.45) is 4.46. The average molecular weight is 571 g/mol. The molecule has 0 N–H and O–H groups in total. The van der Waals surface area contributed by atoms with Crippen molar-refractivity contribution in [3.8, 4) is 22.3 Å². The van der Waals surface area contributed by atoms with Gasteiger partial charge in [-0.1, -0.05) is 93.5 Å². The van der Waals surface area contributed by atoms with E-state index in [2.05, 4.69) is 90.1 Å². The molecule has 0 saturated heterocycles. The maximum absolute atomic E-state index is 4.94. The van der Waals surface area contributed by atoms with Crippen molar-refractivity contribution >= 4 is 0 Å². The minimum Gasteiger partial charge on any atom is -1.00 e. The van der Waals surface area contributed by atoms with Gasteiger partial charge in [-0.2, -0.15) is 41.5 Å². The SMILES string of the molecule is CC(C)(C)c1c[c-]c2c(c1)-c1cc(C(C)(C)C)ccc1C2.[Cl-].[Cl-].[Zr+4].c1cc[c-](-c2ccoc2)c1. The number of benzene rings is 2. The molecule has 0 aliphatic heterocycles. The van der Waals surface area contributed by atoms with Crippen molar-refractivity contribution in [2.45, 2.75) is 58.8 Å². The molecular weight excluding hydrogens is 538 g/mol.